The summed E-state index contributed by atoms with van der Waals surface area (Å²) in [6.45, 7) is 0.503. The fourth-order valence-corrected chi connectivity index (χ4v) is 4.22. The van der Waals surface area contributed by atoms with Gasteiger partial charge in [0, 0.05) is 32.9 Å². The predicted molar refractivity (Wildman–Crippen MR) is 88.3 cm³/mol. The van der Waals surface area contributed by atoms with E-state index in [1.165, 1.54) is 18.1 Å². The van der Waals surface area contributed by atoms with Crippen LogP contribution >= 0.6 is 0 Å². The van der Waals surface area contributed by atoms with Crippen LogP contribution < -0.4 is 0 Å². The Hall–Kier alpha value is -2.20. The molecule has 0 saturated carbocycles. The first-order valence-corrected chi connectivity index (χ1v) is 9.39. The molecule has 3 aliphatic rings. The lowest BCUT2D eigenvalue weighted by Gasteiger charge is -2.30. The summed E-state index contributed by atoms with van der Waals surface area (Å²) in [5, 5.41) is 9.51. The summed E-state index contributed by atoms with van der Waals surface area (Å²) < 4.78 is 32.3. The molecule has 1 atom stereocenters. The molecule has 25 heavy (non-hydrogen) atoms. The lowest BCUT2D eigenvalue weighted by molar-refractivity contribution is -0.151. The molecule has 0 aromatic heterocycles. The van der Waals surface area contributed by atoms with Crippen molar-refractivity contribution in [2.45, 2.75) is 6.42 Å². The molecule has 10 heteroatoms. The van der Waals surface area contributed by atoms with Crippen molar-refractivity contribution in [2.75, 3.05) is 39.1 Å². The van der Waals surface area contributed by atoms with Gasteiger partial charge in [-0.05, 0) is 18.6 Å². The zero-order valence-electron chi connectivity index (χ0n) is 13.7. The molecule has 3 rings (SSSR count). The van der Waals surface area contributed by atoms with Crippen LogP contribution in [0.1, 0.15) is 6.42 Å². The number of carbonyl (C=O) groups is 2. The molecule has 1 fully saturated rings. The number of methoxy groups -OCH3 is 1. The Labute approximate surface area is 145 Å². The van der Waals surface area contributed by atoms with Crippen LogP contribution in [0.2, 0.25) is 0 Å². The zero-order valence-corrected chi connectivity index (χ0v) is 14.5. The molecule has 136 valence electrons. The van der Waals surface area contributed by atoms with Crippen molar-refractivity contribution >= 4 is 27.7 Å². The lowest BCUT2D eigenvalue weighted by Crippen LogP contribution is -2.44. The van der Waals surface area contributed by atoms with Crippen LogP contribution in [0.4, 0.5) is 0 Å². The minimum atomic E-state index is -3.60. The summed E-state index contributed by atoms with van der Waals surface area (Å²) in [6, 6.07) is 0. The van der Waals surface area contributed by atoms with Gasteiger partial charge in [-0.2, -0.15) is 0 Å². The number of nitrogens with zero attached hydrogens (tertiary/aromatic N) is 3. The van der Waals surface area contributed by atoms with Crippen molar-refractivity contribution in [3.8, 4) is 0 Å². The van der Waals surface area contributed by atoms with Crippen molar-refractivity contribution in [2.24, 2.45) is 9.81 Å². The van der Waals surface area contributed by atoms with E-state index in [0.717, 1.165) is 0 Å². The molecule has 1 amide bonds. The Morgan fingerprint density at radius 2 is 2.16 bits per heavy atom. The fourth-order valence-electron chi connectivity index (χ4n) is 3.23. The van der Waals surface area contributed by atoms with Gasteiger partial charge in [0.2, 0.25) is 0 Å². The van der Waals surface area contributed by atoms with Crippen molar-refractivity contribution in [1.29, 1.82) is 0 Å². The highest BCUT2D eigenvalue weighted by atomic mass is 32.2. The molecule has 0 radical (unpaired) electrons. The average molecular weight is 369 g/mol. The number of amidine groups is 1. The van der Waals surface area contributed by atoms with Crippen LogP contribution in [0.5, 0.6) is 0 Å². The lowest BCUT2D eigenvalue weighted by atomic mass is 9.88. The van der Waals surface area contributed by atoms with Gasteiger partial charge >= 0.3 is 5.97 Å². The highest BCUT2D eigenvalue weighted by Gasteiger charge is 2.47. The molecule has 0 bridgehead atoms. The molecule has 9 nitrogen and oxygen atoms in total. The number of allylic oxidation sites excluding steroid dienone is 2. The van der Waals surface area contributed by atoms with Gasteiger partial charge in [-0.1, -0.05) is 0 Å². The van der Waals surface area contributed by atoms with E-state index in [0.29, 0.717) is 0 Å². The van der Waals surface area contributed by atoms with Gasteiger partial charge in [0.15, 0.2) is 5.84 Å². The van der Waals surface area contributed by atoms with Crippen molar-refractivity contribution in [3.05, 3.63) is 23.9 Å². The van der Waals surface area contributed by atoms with Gasteiger partial charge in [0.05, 0.1) is 17.9 Å². The standard InChI is InChI=1S/C15H19N3O6S/c1-24-10-15(14(20)21)4-6-18(9-15)13(19)11-3-2-5-17-7-8-25(22,23)16-12(11)17/h2-3,5H,4,6-10H2,1H3,(H,20,21). The normalized spacial score (nSPS) is 27.6. The molecule has 1 unspecified atom stereocenters. The number of hydrogen-bond donors (Lipinski definition) is 1. The van der Waals surface area contributed by atoms with Crippen molar-refractivity contribution in [3.63, 3.8) is 0 Å². The number of rotatable bonds is 4. The molecular formula is C15H19N3O6S. The second-order valence-corrected chi connectivity index (χ2v) is 8.07. The maximum Gasteiger partial charge on any atom is 0.313 e. The molecule has 1 N–H and O–H groups in total. The number of carboxylic acids is 1. The summed E-state index contributed by atoms with van der Waals surface area (Å²) in [4.78, 5) is 27.5. The second kappa shape index (κ2) is 6.26. The summed E-state index contributed by atoms with van der Waals surface area (Å²) >= 11 is 0. The Morgan fingerprint density at radius 1 is 1.40 bits per heavy atom. The minimum absolute atomic E-state index is 0.00646. The molecule has 3 heterocycles. The first-order chi connectivity index (χ1) is 11.8. The number of amides is 1. The van der Waals surface area contributed by atoms with Crippen LogP contribution in [0, 0.1) is 5.41 Å². The number of aliphatic carboxylic acids is 1. The molecule has 1 saturated heterocycles. The Balaban J connectivity index is 1.86. The van der Waals surface area contributed by atoms with E-state index >= 15 is 0 Å². The van der Waals surface area contributed by atoms with Crippen LogP contribution in [0.3, 0.4) is 0 Å². The maximum absolute atomic E-state index is 12.9. The van der Waals surface area contributed by atoms with E-state index in [1.807, 2.05) is 0 Å². The minimum Gasteiger partial charge on any atom is -0.481 e. The highest BCUT2D eigenvalue weighted by molar-refractivity contribution is 7.90. The van der Waals surface area contributed by atoms with Crippen molar-refractivity contribution < 1.29 is 27.9 Å². The molecular weight excluding hydrogens is 350 g/mol. The largest absolute Gasteiger partial charge is 0.481 e. The number of carbonyl (C=O) groups excluding carboxylic acids is 1. The zero-order chi connectivity index (χ0) is 18.2. The number of hydrogen-bond acceptors (Lipinski definition) is 6. The first kappa shape index (κ1) is 17.6. The second-order valence-electron chi connectivity index (χ2n) is 6.31. The SMILES string of the molecule is COCC1(C(=O)O)CCN(C(=O)C2=CC=CN3CCS(=O)(=O)N=C23)C1. The Morgan fingerprint density at radius 3 is 2.84 bits per heavy atom. The van der Waals surface area contributed by atoms with Crippen LogP contribution in [0.15, 0.2) is 28.3 Å². The summed E-state index contributed by atoms with van der Waals surface area (Å²) in [5.74, 6) is -1.45. The third-order valence-electron chi connectivity index (χ3n) is 4.60. The Kier molecular flexibility index (Phi) is 4.41. The van der Waals surface area contributed by atoms with Gasteiger partial charge in [-0.25, -0.2) is 8.42 Å². The smallest absolute Gasteiger partial charge is 0.313 e. The Bertz CT molecular complexity index is 800. The third-order valence-corrected chi connectivity index (χ3v) is 5.75. The van der Waals surface area contributed by atoms with Gasteiger partial charge < -0.3 is 19.6 Å². The maximum atomic E-state index is 12.9. The first-order valence-electron chi connectivity index (χ1n) is 7.78. The molecule has 0 spiro atoms. The highest BCUT2D eigenvalue weighted by Crippen LogP contribution is 2.32. The molecule has 0 aromatic rings. The third kappa shape index (κ3) is 3.19. The van der Waals surface area contributed by atoms with E-state index in [2.05, 4.69) is 4.40 Å². The monoisotopic (exact) mass is 369 g/mol. The van der Waals surface area contributed by atoms with Gasteiger partial charge in [-0.3, -0.25) is 9.59 Å². The van der Waals surface area contributed by atoms with Crippen LogP contribution in [0.25, 0.3) is 0 Å². The van der Waals surface area contributed by atoms with Crippen LogP contribution in [-0.4, -0.2) is 80.1 Å². The van der Waals surface area contributed by atoms with E-state index in [-0.39, 0.29) is 49.8 Å². The number of sulfonamides is 1. The van der Waals surface area contributed by atoms with Gasteiger partial charge in [-0.15, -0.1) is 4.40 Å². The van der Waals surface area contributed by atoms with Gasteiger partial charge in [0.1, 0.15) is 5.41 Å². The molecule has 0 aromatic carbocycles. The number of ether oxygens (including phenoxy) is 1. The predicted octanol–water partition coefficient (Wildman–Crippen LogP) is -0.566. The number of fused-ring (bicyclic) bond motifs is 1. The number of likely N-dealkylation sites (tertiary alicyclic amines) is 1. The average Bonchev–Trinajstić information content (AvgIpc) is 2.99. The summed E-state index contributed by atoms with van der Waals surface area (Å²) in [6.07, 6.45) is 5.11. The van der Waals surface area contributed by atoms with E-state index in [4.69, 9.17) is 4.74 Å². The fraction of sp³-hybridized carbons (Fsp3) is 0.533. The van der Waals surface area contributed by atoms with Crippen molar-refractivity contribution in [1.82, 2.24) is 9.80 Å². The summed E-state index contributed by atoms with van der Waals surface area (Å²) in [5.41, 5.74) is -0.986. The summed E-state index contributed by atoms with van der Waals surface area (Å²) in [7, 11) is -2.18. The molecule has 3 aliphatic heterocycles. The van der Waals surface area contributed by atoms with Gasteiger partial charge in [0.25, 0.3) is 15.9 Å². The molecule has 0 aliphatic carbocycles. The number of carboxylic acid groups (broad SMARTS) is 1. The van der Waals surface area contributed by atoms with E-state index in [9.17, 15) is 23.1 Å². The van der Waals surface area contributed by atoms with E-state index < -0.39 is 27.3 Å². The van der Waals surface area contributed by atoms with E-state index in [1.54, 1.807) is 17.2 Å². The quantitative estimate of drug-likeness (QED) is 0.705. The topological polar surface area (TPSA) is 117 Å². The van der Waals surface area contributed by atoms with Crippen LogP contribution in [-0.2, 0) is 24.3 Å².